The first kappa shape index (κ1) is 16.6. The van der Waals surface area contributed by atoms with Gasteiger partial charge in [0.15, 0.2) is 0 Å². The quantitative estimate of drug-likeness (QED) is 0.854. The van der Waals surface area contributed by atoms with E-state index < -0.39 is 0 Å². The Morgan fingerprint density at radius 1 is 1.36 bits per heavy atom. The van der Waals surface area contributed by atoms with E-state index in [0.29, 0.717) is 17.8 Å². The highest BCUT2D eigenvalue weighted by molar-refractivity contribution is 7.14. The Labute approximate surface area is 133 Å². The minimum Gasteiger partial charge on any atom is -0.396 e. The highest BCUT2D eigenvalue weighted by Crippen LogP contribution is 2.31. The van der Waals surface area contributed by atoms with Crippen molar-refractivity contribution in [3.8, 4) is 11.1 Å². The molecule has 0 saturated heterocycles. The molecule has 2 N–H and O–H groups in total. The number of benzene rings is 1. The summed E-state index contributed by atoms with van der Waals surface area (Å²) in [5.41, 5.74) is 1.86. The van der Waals surface area contributed by atoms with Crippen LogP contribution in [0.15, 0.2) is 30.3 Å². The Bertz CT molecular complexity index is 637. The van der Waals surface area contributed by atoms with Gasteiger partial charge in [-0.15, -0.1) is 11.3 Å². The molecule has 1 atom stereocenters. The Kier molecular flexibility index (Phi) is 5.69. The Morgan fingerprint density at radius 2 is 2.05 bits per heavy atom. The smallest absolute Gasteiger partial charge is 0.261 e. The van der Waals surface area contributed by atoms with Gasteiger partial charge in [0, 0.05) is 18.0 Å². The molecule has 2 aromatic rings. The van der Waals surface area contributed by atoms with Gasteiger partial charge in [0.1, 0.15) is 5.82 Å². The predicted molar refractivity (Wildman–Crippen MR) is 87.7 cm³/mol. The molecule has 1 aromatic carbocycles. The zero-order valence-electron chi connectivity index (χ0n) is 12.7. The summed E-state index contributed by atoms with van der Waals surface area (Å²) < 4.78 is 13.0. The van der Waals surface area contributed by atoms with Gasteiger partial charge in [-0.2, -0.15) is 0 Å². The van der Waals surface area contributed by atoms with Crippen LogP contribution in [-0.4, -0.2) is 24.2 Å². The van der Waals surface area contributed by atoms with Gasteiger partial charge in [0.2, 0.25) is 0 Å². The third kappa shape index (κ3) is 4.15. The second kappa shape index (κ2) is 7.51. The summed E-state index contributed by atoms with van der Waals surface area (Å²) in [6, 6.07) is 8.12. The largest absolute Gasteiger partial charge is 0.396 e. The standard InChI is InChI=1S/C17H20FNO2S/c1-11(7-8-20)10-19-17(21)16-9-15(12(2)22-16)13-3-5-14(18)6-4-13/h3-6,9,11,20H,7-8,10H2,1-2H3,(H,19,21). The average molecular weight is 321 g/mol. The number of nitrogens with one attached hydrogen (secondary N) is 1. The third-order valence-electron chi connectivity index (χ3n) is 3.53. The van der Waals surface area contributed by atoms with E-state index in [1.165, 1.54) is 23.5 Å². The number of amides is 1. The zero-order valence-corrected chi connectivity index (χ0v) is 13.5. The van der Waals surface area contributed by atoms with Crippen LogP contribution in [0.5, 0.6) is 0 Å². The molecule has 0 fully saturated rings. The van der Waals surface area contributed by atoms with E-state index in [4.69, 9.17) is 5.11 Å². The fraction of sp³-hybridized carbons (Fsp3) is 0.353. The summed E-state index contributed by atoms with van der Waals surface area (Å²) in [4.78, 5) is 13.9. The molecule has 3 nitrogen and oxygen atoms in total. The molecule has 0 radical (unpaired) electrons. The molecule has 0 aliphatic rings. The van der Waals surface area contributed by atoms with Crippen molar-refractivity contribution in [2.75, 3.05) is 13.2 Å². The fourth-order valence-electron chi connectivity index (χ4n) is 2.19. The number of aliphatic hydroxyl groups is 1. The summed E-state index contributed by atoms with van der Waals surface area (Å²) in [5, 5.41) is 11.8. The second-order valence-corrected chi connectivity index (χ2v) is 6.67. The molecule has 2 rings (SSSR count). The Hall–Kier alpha value is -1.72. The minimum atomic E-state index is -0.271. The van der Waals surface area contributed by atoms with Crippen molar-refractivity contribution >= 4 is 17.2 Å². The van der Waals surface area contributed by atoms with Gasteiger partial charge in [-0.3, -0.25) is 4.79 Å². The number of halogens is 1. The summed E-state index contributed by atoms with van der Waals surface area (Å²) in [6.07, 6.45) is 0.671. The highest BCUT2D eigenvalue weighted by Gasteiger charge is 2.14. The summed E-state index contributed by atoms with van der Waals surface area (Å²) >= 11 is 1.43. The molecule has 22 heavy (non-hydrogen) atoms. The number of carbonyl (C=O) groups is 1. The van der Waals surface area contributed by atoms with Crippen LogP contribution in [0.1, 0.15) is 27.9 Å². The van der Waals surface area contributed by atoms with E-state index in [1.807, 2.05) is 19.9 Å². The topological polar surface area (TPSA) is 49.3 Å². The Morgan fingerprint density at radius 3 is 2.68 bits per heavy atom. The maximum absolute atomic E-state index is 13.0. The lowest BCUT2D eigenvalue weighted by Crippen LogP contribution is -2.28. The molecule has 0 bridgehead atoms. The first-order valence-corrected chi connectivity index (χ1v) is 8.08. The van der Waals surface area contributed by atoms with Crippen LogP contribution in [0.2, 0.25) is 0 Å². The van der Waals surface area contributed by atoms with Crippen LogP contribution >= 0.6 is 11.3 Å². The predicted octanol–water partition coefficient (Wildman–Crippen LogP) is 3.61. The van der Waals surface area contributed by atoms with Gasteiger partial charge < -0.3 is 10.4 Å². The van der Waals surface area contributed by atoms with Gasteiger partial charge in [0.05, 0.1) is 4.88 Å². The first-order valence-electron chi connectivity index (χ1n) is 7.26. The Balaban J connectivity index is 2.09. The normalized spacial score (nSPS) is 12.2. The molecular weight excluding hydrogens is 301 g/mol. The van der Waals surface area contributed by atoms with Crippen LogP contribution in [0.4, 0.5) is 4.39 Å². The van der Waals surface area contributed by atoms with Crippen molar-refractivity contribution in [2.24, 2.45) is 5.92 Å². The van der Waals surface area contributed by atoms with Gasteiger partial charge in [-0.05, 0) is 48.6 Å². The van der Waals surface area contributed by atoms with Crippen LogP contribution < -0.4 is 5.32 Å². The number of rotatable bonds is 6. The van der Waals surface area contributed by atoms with Crippen LogP contribution in [0.3, 0.4) is 0 Å². The van der Waals surface area contributed by atoms with Crippen molar-refractivity contribution < 1.29 is 14.3 Å². The van der Waals surface area contributed by atoms with Crippen molar-refractivity contribution in [2.45, 2.75) is 20.3 Å². The lowest BCUT2D eigenvalue weighted by molar-refractivity contribution is 0.0949. The number of hydrogen-bond donors (Lipinski definition) is 2. The third-order valence-corrected chi connectivity index (χ3v) is 4.58. The molecule has 0 spiro atoms. The average Bonchev–Trinajstić information content (AvgIpc) is 2.88. The SMILES string of the molecule is Cc1sc(C(=O)NCC(C)CCO)cc1-c1ccc(F)cc1. The molecule has 0 aliphatic heterocycles. The molecule has 118 valence electrons. The van der Waals surface area contributed by atoms with Crippen LogP contribution in [0.25, 0.3) is 11.1 Å². The lowest BCUT2D eigenvalue weighted by atomic mass is 10.1. The van der Waals surface area contributed by atoms with Crippen LogP contribution in [0, 0.1) is 18.7 Å². The summed E-state index contributed by atoms with van der Waals surface area (Å²) in [5.74, 6) is -0.134. The summed E-state index contributed by atoms with van der Waals surface area (Å²) in [6.45, 7) is 4.61. The highest BCUT2D eigenvalue weighted by atomic mass is 32.1. The van der Waals surface area contributed by atoms with Crippen molar-refractivity contribution in [3.63, 3.8) is 0 Å². The molecule has 1 aromatic heterocycles. The molecule has 0 saturated carbocycles. The van der Waals surface area contributed by atoms with E-state index in [9.17, 15) is 9.18 Å². The molecular formula is C17H20FNO2S. The van der Waals surface area contributed by atoms with E-state index in [2.05, 4.69) is 5.32 Å². The monoisotopic (exact) mass is 321 g/mol. The van der Waals surface area contributed by atoms with E-state index >= 15 is 0 Å². The van der Waals surface area contributed by atoms with Gasteiger partial charge in [-0.25, -0.2) is 4.39 Å². The molecule has 1 heterocycles. The number of aliphatic hydroxyl groups excluding tert-OH is 1. The fourth-order valence-corrected chi connectivity index (χ4v) is 3.14. The van der Waals surface area contributed by atoms with Crippen molar-refractivity contribution in [1.29, 1.82) is 0 Å². The maximum Gasteiger partial charge on any atom is 0.261 e. The molecule has 5 heteroatoms. The minimum absolute atomic E-state index is 0.105. The van der Waals surface area contributed by atoms with E-state index in [0.717, 1.165) is 16.0 Å². The first-order chi connectivity index (χ1) is 10.5. The van der Waals surface area contributed by atoms with Gasteiger partial charge in [-0.1, -0.05) is 19.1 Å². The maximum atomic E-state index is 13.0. The van der Waals surface area contributed by atoms with Crippen molar-refractivity contribution in [1.82, 2.24) is 5.32 Å². The molecule has 1 unspecified atom stereocenters. The second-order valence-electron chi connectivity index (χ2n) is 5.41. The summed E-state index contributed by atoms with van der Waals surface area (Å²) in [7, 11) is 0. The molecule has 1 amide bonds. The number of carbonyl (C=O) groups excluding carboxylic acids is 1. The van der Waals surface area contributed by atoms with E-state index in [-0.39, 0.29) is 24.2 Å². The zero-order chi connectivity index (χ0) is 16.1. The molecule has 0 aliphatic carbocycles. The number of hydrogen-bond acceptors (Lipinski definition) is 3. The van der Waals surface area contributed by atoms with Crippen LogP contribution in [-0.2, 0) is 0 Å². The number of thiophene rings is 1. The van der Waals surface area contributed by atoms with Gasteiger partial charge in [0.25, 0.3) is 5.91 Å². The lowest BCUT2D eigenvalue weighted by Gasteiger charge is -2.10. The van der Waals surface area contributed by atoms with Gasteiger partial charge >= 0.3 is 0 Å². The van der Waals surface area contributed by atoms with E-state index in [1.54, 1.807) is 12.1 Å². The van der Waals surface area contributed by atoms with Crippen molar-refractivity contribution in [3.05, 3.63) is 45.9 Å². The number of aryl methyl sites for hydroxylation is 1.